The Balaban J connectivity index is 2.14. The van der Waals surface area contributed by atoms with Gasteiger partial charge in [0.1, 0.15) is 0 Å². The van der Waals surface area contributed by atoms with Gasteiger partial charge in [0.15, 0.2) is 0 Å². The number of carbonyl (C=O) groups is 1. The first-order chi connectivity index (χ1) is 9.45. The van der Waals surface area contributed by atoms with Crippen LogP contribution in [0.1, 0.15) is 42.8 Å². The van der Waals surface area contributed by atoms with E-state index in [4.69, 9.17) is 0 Å². The summed E-state index contributed by atoms with van der Waals surface area (Å²) < 4.78 is 26.2. The fourth-order valence-electron chi connectivity index (χ4n) is 2.05. The molecule has 1 fully saturated rings. The summed E-state index contributed by atoms with van der Waals surface area (Å²) in [5.74, 6) is -0.202. The first-order valence-electron chi connectivity index (χ1n) is 6.84. The van der Waals surface area contributed by atoms with Crippen LogP contribution in [0, 0.1) is 0 Å². The van der Waals surface area contributed by atoms with E-state index in [0.717, 1.165) is 19.3 Å². The highest BCUT2D eigenvalue weighted by Gasteiger charge is 2.28. The molecule has 7 heteroatoms. The second kappa shape index (κ2) is 6.24. The van der Waals surface area contributed by atoms with Crippen molar-refractivity contribution in [1.82, 2.24) is 9.62 Å². The topological polar surface area (TPSA) is 66.5 Å². The first kappa shape index (κ1) is 15.5. The van der Waals surface area contributed by atoms with Crippen molar-refractivity contribution in [3.8, 4) is 0 Å². The second-order valence-electron chi connectivity index (χ2n) is 5.04. The molecule has 1 unspecified atom stereocenters. The van der Waals surface area contributed by atoms with Crippen LogP contribution in [0.5, 0.6) is 0 Å². The highest BCUT2D eigenvalue weighted by molar-refractivity contribution is 7.89. The van der Waals surface area contributed by atoms with Gasteiger partial charge in [0.25, 0.3) is 5.91 Å². The summed E-state index contributed by atoms with van der Waals surface area (Å²) in [5.41, 5.74) is 0. The molecule has 1 aliphatic heterocycles. The molecule has 112 valence electrons. The summed E-state index contributed by atoms with van der Waals surface area (Å²) in [6.07, 6.45) is 2.66. The molecule has 5 nitrogen and oxygen atoms in total. The summed E-state index contributed by atoms with van der Waals surface area (Å²) in [6.45, 7) is 5.06. The Morgan fingerprint density at radius 2 is 2.10 bits per heavy atom. The lowest BCUT2D eigenvalue weighted by Gasteiger charge is -2.13. The summed E-state index contributed by atoms with van der Waals surface area (Å²) in [7, 11) is -3.42. The maximum absolute atomic E-state index is 12.3. The molecule has 1 amide bonds. The van der Waals surface area contributed by atoms with Gasteiger partial charge in [0.2, 0.25) is 10.0 Å². The minimum Gasteiger partial charge on any atom is -0.349 e. The zero-order valence-corrected chi connectivity index (χ0v) is 13.4. The minimum atomic E-state index is -3.42. The van der Waals surface area contributed by atoms with E-state index in [9.17, 15) is 13.2 Å². The largest absolute Gasteiger partial charge is 0.349 e. The number of hydrogen-bond donors (Lipinski definition) is 1. The fraction of sp³-hybridized carbons (Fsp3) is 0.615. The van der Waals surface area contributed by atoms with Gasteiger partial charge in [-0.1, -0.05) is 6.92 Å². The zero-order chi connectivity index (χ0) is 14.8. The predicted molar refractivity (Wildman–Crippen MR) is 79.5 cm³/mol. The minimum absolute atomic E-state index is 0.0863. The molecule has 20 heavy (non-hydrogen) atoms. The van der Waals surface area contributed by atoms with Crippen molar-refractivity contribution in [2.24, 2.45) is 0 Å². The Morgan fingerprint density at radius 3 is 2.70 bits per heavy atom. The predicted octanol–water partition coefficient (Wildman–Crippen LogP) is 2.06. The van der Waals surface area contributed by atoms with Crippen LogP contribution in [-0.4, -0.2) is 37.8 Å². The molecule has 0 aromatic carbocycles. The highest BCUT2D eigenvalue weighted by atomic mass is 32.2. The van der Waals surface area contributed by atoms with Crippen LogP contribution in [-0.2, 0) is 10.0 Å². The SMILES string of the molecule is CCC(C)NC(=O)c1cc(S(=O)(=O)N2CCCC2)cs1. The number of amides is 1. The van der Waals surface area contributed by atoms with Gasteiger partial charge in [0.05, 0.1) is 9.77 Å². The number of carbonyl (C=O) groups excluding carboxylic acids is 1. The third kappa shape index (κ3) is 3.21. The van der Waals surface area contributed by atoms with E-state index in [1.165, 1.54) is 21.7 Å². The number of sulfonamides is 1. The average Bonchev–Trinajstić information content (AvgIpc) is 3.09. The Bertz CT molecular complexity index is 574. The van der Waals surface area contributed by atoms with Crippen molar-refractivity contribution in [2.45, 2.75) is 44.0 Å². The van der Waals surface area contributed by atoms with Crippen LogP contribution in [0.3, 0.4) is 0 Å². The lowest BCUT2D eigenvalue weighted by Crippen LogP contribution is -2.31. The fourth-order valence-corrected chi connectivity index (χ4v) is 4.73. The van der Waals surface area contributed by atoms with Crippen LogP contribution in [0.15, 0.2) is 16.3 Å². The van der Waals surface area contributed by atoms with E-state index in [1.807, 2.05) is 13.8 Å². The molecular formula is C13H20N2O3S2. The van der Waals surface area contributed by atoms with Gasteiger partial charge in [-0.3, -0.25) is 4.79 Å². The normalized spacial score (nSPS) is 18.1. The highest BCUT2D eigenvalue weighted by Crippen LogP contribution is 2.25. The van der Waals surface area contributed by atoms with E-state index in [2.05, 4.69) is 5.32 Å². The van der Waals surface area contributed by atoms with Crippen molar-refractivity contribution in [1.29, 1.82) is 0 Å². The van der Waals surface area contributed by atoms with Crippen LogP contribution in [0.25, 0.3) is 0 Å². The molecule has 0 bridgehead atoms. The van der Waals surface area contributed by atoms with E-state index in [1.54, 1.807) is 5.38 Å². The Labute approximate surface area is 124 Å². The molecule has 0 radical (unpaired) electrons. The van der Waals surface area contributed by atoms with Gasteiger partial charge in [-0.15, -0.1) is 11.3 Å². The Hall–Kier alpha value is -0.920. The van der Waals surface area contributed by atoms with Gasteiger partial charge < -0.3 is 5.32 Å². The average molecular weight is 316 g/mol. The number of nitrogens with one attached hydrogen (secondary N) is 1. The maximum Gasteiger partial charge on any atom is 0.261 e. The first-order valence-corrected chi connectivity index (χ1v) is 9.16. The number of hydrogen-bond acceptors (Lipinski definition) is 4. The standard InChI is InChI=1S/C13H20N2O3S2/c1-3-10(2)14-13(16)12-8-11(9-19-12)20(17,18)15-6-4-5-7-15/h8-10H,3-7H2,1-2H3,(H,14,16). The second-order valence-corrected chi connectivity index (χ2v) is 7.89. The molecule has 1 saturated heterocycles. The van der Waals surface area contributed by atoms with Crippen molar-refractivity contribution in [3.63, 3.8) is 0 Å². The van der Waals surface area contributed by atoms with E-state index < -0.39 is 10.0 Å². The van der Waals surface area contributed by atoms with Gasteiger partial charge in [-0.05, 0) is 32.3 Å². The van der Waals surface area contributed by atoms with Crippen molar-refractivity contribution in [3.05, 3.63) is 16.3 Å². The van der Waals surface area contributed by atoms with Crippen molar-refractivity contribution < 1.29 is 13.2 Å². The van der Waals surface area contributed by atoms with Crippen LogP contribution in [0.4, 0.5) is 0 Å². The van der Waals surface area contributed by atoms with Gasteiger partial charge >= 0.3 is 0 Å². The number of thiophene rings is 1. The van der Waals surface area contributed by atoms with E-state index >= 15 is 0 Å². The summed E-state index contributed by atoms with van der Waals surface area (Å²) in [6, 6.07) is 1.57. The third-order valence-corrected chi connectivity index (χ3v) is 6.45. The summed E-state index contributed by atoms with van der Waals surface area (Å²) >= 11 is 1.18. The lowest BCUT2D eigenvalue weighted by atomic mass is 10.2. The smallest absolute Gasteiger partial charge is 0.261 e. The molecule has 2 heterocycles. The van der Waals surface area contributed by atoms with E-state index in [0.29, 0.717) is 18.0 Å². The quantitative estimate of drug-likeness (QED) is 0.904. The Kier molecular flexibility index (Phi) is 4.82. The lowest BCUT2D eigenvalue weighted by molar-refractivity contribution is 0.0943. The van der Waals surface area contributed by atoms with E-state index in [-0.39, 0.29) is 16.8 Å². The molecule has 1 atom stereocenters. The number of rotatable bonds is 5. The molecule has 0 saturated carbocycles. The Morgan fingerprint density at radius 1 is 1.45 bits per heavy atom. The van der Waals surface area contributed by atoms with Gasteiger partial charge in [-0.25, -0.2) is 8.42 Å². The van der Waals surface area contributed by atoms with Crippen LogP contribution in [0.2, 0.25) is 0 Å². The molecule has 2 rings (SSSR count). The summed E-state index contributed by atoms with van der Waals surface area (Å²) in [5, 5.41) is 4.40. The van der Waals surface area contributed by atoms with Gasteiger partial charge in [-0.2, -0.15) is 4.31 Å². The van der Waals surface area contributed by atoms with Crippen LogP contribution >= 0.6 is 11.3 Å². The molecule has 1 aromatic rings. The monoisotopic (exact) mass is 316 g/mol. The number of nitrogens with zero attached hydrogens (tertiary/aromatic N) is 1. The molecule has 1 N–H and O–H groups in total. The molecule has 0 aliphatic carbocycles. The summed E-state index contributed by atoms with van der Waals surface area (Å²) in [4.78, 5) is 12.6. The van der Waals surface area contributed by atoms with Crippen molar-refractivity contribution in [2.75, 3.05) is 13.1 Å². The third-order valence-electron chi connectivity index (χ3n) is 3.49. The molecular weight excluding hydrogens is 296 g/mol. The molecule has 0 spiro atoms. The zero-order valence-electron chi connectivity index (χ0n) is 11.8. The molecule has 1 aromatic heterocycles. The maximum atomic E-state index is 12.3. The van der Waals surface area contributed by atoms with Gasteiger partial charge in [0, 0.05) is 24.5 Å². The van der Waals surface area contributed by atoms with Crippen molar-refractivity contribution >= 4 is 27.3 Å². The molecule has 1 aliphatic rings. The van der Waals surface area contributed by atoms with Crippen LogP contribution < -0.4 is 5.32 Å².